The number of halogens is 2. The minimum Gasteiger partial charge on any atom is -0.463 e. The number of ether oxygens (including phenoxy) is 1. The first kappa shape index (κ1) is 21.5. The highest BCUT2D eigenvalue weighted by Gasteiger charge is 2.55. The fraction of sp³-hybridized carbons (Fsp3) is 0.174. The molecular weight excluding hydrogens is 407 g/mol. The van der Waals surface area contributed by atoms with E-state index in [2.05, 4.69) is 10.3 Å². The molecule has 5 nitrogen and oxygen atoms in total. The van der Waals surface area contributed by atoms with E-state index in [0.29, 0.717) is 10.6 Å². The minimum atomic E-state index is -3.04. The molecule has 3 rings (SSSR count). The molecule has 2 unspecified atom stereocenters. The Morgan fingerprint density at radius 1 is 1.07 bits per heavy atom. The molecule has 1 N–H and O–H groups in total. The third kappa shape index (κ3) is 4.49. The van der Waals surface area contributed by atoms with Crippen molar-refractivity contribution in [3.8, 4) is 0 Å². The van der Waals surface area contributed by atoms with Gasteiger partial charge in [-0.15, -0.1) is 0 Å². The van der Waals surface area contributed by atoms with Crippen molar-refractivity contribution in [2.24, 2.45) is 0 Å². The van der Waals surface area contributed by atoms with Gasteiger partial charge in [0.15, 0.2) is 0 Å². The zero-order valence-electron chi connectivity index (χ0n) is 16.2. The summed E-state index contributed by atoms with van der Waals surface area (Å²) in [4.78, 5) is 30.2. The first-order valence-corrected chi connectivity index (χ1v) is 9.73. The van der Waals surface area contributed by atoms with Crippen LogP contribution in [-0.2, 0) is 9.53 Å². The van der Waals surface area contributed by atoms with E-state index in [9.17, 15) is 9.59 Å². The standard InChI is InChI=1S/C23H20ClFN2O3/c1-2-30-22(29)23(25,21(28)17-11-7-4-8-12-17)20(16-9-5-3-6-10-16)27-19-14-13-18(24)15-26-19/h3-15,20H,2H2,1H3,(H,26,27). The Kier molecular flexibility index (Phi) is 6.79. The van der Waals surface area contributed by atoms with E-state index >= 15 is 4.39 Å². The fourth-order valence-electron chi connectivity index (χ4n) is 3.04. The molecule has 0 radical (unpaired) electrons. The maximum atomic E-state index is 16.6. The summed E-state index contributed by atoms with van der Waals surface area (Å²) >= 11 is 5.88. The van der Waals surface area contributed by atoms with Crippen LogP contribution in [0.5, 0.6) is 0 Å². The quantitative estimate of drug-likeness (QED) is 0.310. The highest BCUT2D eigenvalue weighted by Crippen LogP contribution is 2.37. The molecule has 0 aliphatic heterocycles. The third-order valence-electron chi connectivity index (χ3n) is 4.49. The number of esters is 1. The van der Waals surface area contributed by atoms with Gasteiger partial charge in [0.25, 0.3) is 5.67 Å². The van der Waals surface area contributed by atoms with Crippen LogP contribution in [0.15, 0.2) is 79.0 Å². The van der Waals surface area contributed by atoms with Gasteiger partial charge in [0.2, 0.25) is 5.78 Å². The summed E-state index contributed by atoms with van der Waals surface area (Å²) in [5.74, 6) is -2.02. The number of rotatable bonds is 8. The Labute approximate surface area is 178 Å². The van der Waals surface area contributed by atoms with E-state index in [1.165, 1.54) is 24.4 Å². The van der Waals surface area contributed by atoms with Crippen molar-refractivity contribution in [1.29, 1.82) is 0 Å². The van der Waals surface area contributed by atoms with E-state index in [1.54, 1.807) is 61.5 Å². The molecular formula is C23H20ClFN2O3. The summed E-state index contributed by atoms with van der Waals surface area (Å²) in [5, 5.41) is 3.28. The number of ketones is 1. The number of benzene rings is 2. The largest absolute Gasteiger partial charge is 0.463 e. The van der Waals surface area contributed by atoms with Gasteiger partial charge in [0.1, 0.15) is 11.9 Å². The lowest BCUT2D eigenvalue weighted by Gasteiger charge is -2.32. The van der Waals surface area contributed by atoms with Crippen LogP contribution in [0.3, 0.4) is 0 Å². The molecule has 0 spiro atoms. The number of aromatic nitrogens is 1. The number of carbonyl (C=O) groups excluding carboxylic acids is 2. The molecule has 0 amide bonds. The summed E-state index contributed by atoms with van der Waals surface area (Å²) in [6, 6.07) is 17.9. The Morgan fingerprint density at radius 3 is 2.27 bits per heavy atom. The molecule has 2 aromatic carbocycles. The first-order valence-electron chi connectivity index (χ1n) is 9.35. The predicted octanol–water partition coefficient (Wildman–Crippen LogP) is 5.04. The summed E-state index contributed by atoms with van der Waals surface area (Å²) in [6.07, 6.45) is 1.38. The van der Waals surface area contributed by atoms with Crippen molar-refractivity contribution in [3.63, 3.8) is 0 Å². The van der Waals surface area contributed by atoms with Gasteiger partial charge in [-0.25, -0.2) is 14.2 Å². The lowest BCUT2D eigenvalue weighted by molar-refractivity contribution is -0.154. The fourth-order valence-corrected chi connectivity index (χ4v) is 3.16. The molecule has 7 heteroatoms. The molecule has 0 fully saturated rings. The summed E-state index contributed by atoms with van der Waals surface area (Å²) in [6.45, 7) is 1.48. The highest BCUT2D eigenvalue weighted by molar-refractivity contribution is 6.30. The Morgan fingerprint density at radius 2 is 1.70 bits per heavy atom. The van der Waals surface area contributed by atoms with Gasteiger partial charge in [-0.2, -0.15) is 0 Å². The normalized spacial score (nSPS) is 13.7. The topological polar surface area (TPSA) is 68.3 Å². The minimum absolute atomic E-state index is 0.0554. The van der Waals surface area contributed by atoms with E-state index in [-0.39, 0.29) is 18.0 Å². The van der Waals surface area contributed by atoms with Crippen molar-refractivity contribution < 1.29 is 18.7 Å². The highest BCUT2D eigenvalue weighted by atomic mass is 35.5. The second-order valence-corrected chi connectivity index (χ2v) is 6.91. The Balaban J connectivity index is 2.13. The molecule has 0 bridgehead atoms. The Hall–Kier alpha value is -3.25. The van der Waals surface area contributed by atoms with Gasteiger partial charge >= 0.3 is 5.97 Å². The van der Waals surface area contributed by atoms with Gasteiger partial charge < -0.3 is 10.1 Å². The molecule has 0 saturated heterocycles. The molecule has 0 aliphatic carbocycles. The monoisotopic (exact) mass is 426 g/mol. The zero-order chi connectivity index (χ0) is 21.6. The summed E-state index contributed by atoms with van der Waals surface area (Å²) in [5.41, 5.74) is -2.60. The molecule has 0 aliphatic rings. The maximum Gasteiger partial charge on any atom is 0.354 e. The zero-order valence-corrected chi connectivity index (χ0v) is 17.0. The lowest BCUT2D eigenvalue weighted by Crippen LogP contribution is -2.51. The number of anilines is 1. The summed E-state index contributed by atoms with van der Waals surface area (Å²) in [7, 11) is 0. The average Bonchev–Trinajstić information content (AvgIpc) is 2.79. The second kappa shape index (κ2) is 9.50. The van der Waals surface area contributed by atoms with Crippen LogP contribution in [-0.4, -0.2) is 29.0 Å². The number of nitrogens with one attached hydrogen (secondary N) is 1. The van der Waals surface area contributed by atoms with E-state index in [4.69, 9.17) is 16.3 Å². The molecule has 2 atom stereocenters. The maximum absolute atomic E-state index is 16.6. The second-order valence-electron chi connectivity index (χ2n) is 6.48. The number of carbonyl (C=O) groups is 2. The number of pyridine rings is 1. The van der Waals surface area contributed by atoms with Gasteiger partial charge in [-0.05, 0) is 24.6 Å². The SMILES string of the molecule is CCOC(=O)C(F)(C(=O)c1ccccc1)C(Nc1ccc(Cl)cn1)c1ccccc1. The molecule has 154 valence electrons. The van der Waals surface area contributed by atoms with Crippen molar-refractivity contribution in [3.05, 3.63) is 95.1 Å². The van der Waals surface area contributed by atoms with Crippen LogP contribution < -0.4 is 5.32 Å². The smallest absolute Gasteiger partial charge is 0.354 e. The van der Waals surface area contributed by atoms with Crippen LogP contribution in [0.2, 0.25) is 5.02 Å². The number of hydrogen-bond acceptors (Lipinski definition) is 5. The molecule has 3 aromatic rings. The number of nitrogens with zero attached hydrogens (tertiary/aromatic N) is 1. The number of alkyl halides is 1. The van der Waals surface area contributed by atoms with Gasteiger partial charge in [-0.1, -0.05) is 72.3 Å². The van der Waals surface area contributed by atoms with Crippen LogP contribution in [0, 0.1) is 0 Å². The van der Waals surface area contributed by atoms with Crippen molar-refractivity contribution in [1.82, 2.24) is 4.98 Å². The predicted molar refractivity (Wildman–Crippen MR) is 113 cm³/mol. The average molecular weight is 427 g/mol. The van der Waals surface area contributed by atoms with Crippen LogP contribution in [0.1, 0.15) is 28.9 Å². The molecule has 1 heterocycles. The number of hydrogen-bond donors (Lipinski definition) is 1. The van der Waals surface area contributed by atoms with Crippen molar-refractivity contribution >= 4 is 29.2 Å². The summed E-state index contributed by atoms with van der Waals surface area (Å²) < 4.78 is 21.6. The first-order chi connectivity index (χ1) is 14.5. The van der Waals surface area contributed by atoms with Crippen LogP contribution in [0.25, 0.3) is 0 Å². The molecule has 30 heavy (non-hydrogen) atoms. The van der Waals surface area contributed by atoms with Gasteiger partial charge in [0, 0.05) is 11.8 Å². The van der Waals surface area contributed by atoms with E-state index in [0.717, 1.165) is 0 Å². The van der Waals surface area contributed by atoms with Gasteiger partial charge in [0.05, 0.1) is 11.6 Å². The lowest BCUT2D eigenvalue weighted by atomic mass is 9.83. The number of Topliss-reactive ketones (excluding diaryl/α,β-unsaturated/α-hetero) is 1. The molecule has 1 aromatic heterocycles. The van der Waals surface area contributed by atoms with Crippen molar-refractivity contribution in [2.45, 2.75) is 18.6 Å². The van der Waals surface area contributed by atoms with E-state index in [1.807, 2.05) is 0 Å². The molecule has 0 saturated carbocycles. The van der Waals surface area contributed by atoms with Crippen LogP contribution >= 0.6 is 11.6 Å². The Bertz CT molecular complexity index is 1000. The van der Waals surface area contributed by atoms with Crippen LogP contribution in [0.4, 0.5) is 10.2 Å². The van der Waals surface area contributed by atoms with Crippen molar-refractivity contribution in [2.75, 3.05) is 11.9 Å². The van der Waals surface area contributed by atoms with Gasteiger partial charge in [-0.3, -0.25) is 4.79 Å². The van der Waals surface area contributed by atoms with E-state index < -0.39 is 23.5 Å². The third-order valence-corrected chi connectivity index (χ3v) is 4.71.